The maximum atomic E-state index is 13.1. The normalized spacial score (nSPS) is 11.3. The Balaban J connectivity index is 1.81. The first-order valence-electron chi connectivity index (χ1n) is 12.1. The second kappa shape index (κ2) is 10.8. The quantitative estimate of drug-likeness (QED) is 0.441. The molecule has 0 spiro atoms. The van der Waals surface area contributed by atoms with Crippen molar-refractivity contribution in [2.75, 3.05) is 23.7 Å². The molecule has 0 atom stereocenters. The van der Waals surface area contributed by atoms with E-state index in [1.54, 1.807) is 4.68 Å². The Morgan fingerprint density at radius 1 is 1.00 bits per heavy atom. The maximum Gasteiger partial charge on any atom is 0.322 e. The Kier molecular flexibility index (Phi) is 7.99. The summed E-state index contributed by atoms with van der Waals surface area (Å²) in [7, 11) is 0. The number of aromatic nitrogens is 2. The number of amides is 3. The fourth-order valence-corrected chi connectivity index (χ4v) is 3.75. The molecule has 3 rings (SSSR count). The molecule has 0 aliphatic heterocycles. The van der Waals surface area contributed by atoms with Crippen LogP contribution in [0.15, 0.2) is 48.5 Å². The van der Waals surface area contributed by atoms with Gasteiger partial charge in [0.2, 0.25) is 5.91 Å². The zero-order valence-corrected chi connectivity index (χ0v) is 21.9. The van der Waals surface area contributed by atoms with Crippen LogP contribution in [-0.2, 0) is 10.2 Å². The minimum absolute atomic E-state index is 0.0611. The average molecular weight is 476 g/mol. The van der Waals surface area contributed by atoms with Crippen molar-refractivity contribution in [3.8, 4) is 5.69 Å². The summed E-state index contributed by atoms with van der Waals surface area (Å²) in [5, 5.41) is 10.7. The number of hydrogen-bond donors (Lipinski definition) is 2. The number of hydrogen-bond acceptors (Lipinski definition) is 3. The molecule has 2 N–H and O–H groups in total. The van der Waals surface area contributed by atoms with Crippen LogP contribution in [0.1, 0.15) is 56.5 Å². The topological polar surface area (TPSA) is 79.3 Å². The second-order valence-electron chi connectivity index (χ2n) is 10.1. The summed E-state index contributed by atoms with van der Waals surface area (Å²) in [6.07, 6.45) is 0.739. The molecule has 3 amide bonds. The molecular weight excluding hydrogens is 438 g/mol. The van der Waals surface area contributed by atoms with E-state index in [0.29, 0.717) is 12.4 Å². The van der Waals surface area contributed by atoms with Gasteiger partial charge in [0, 0.05) is 23.7 Å². The summed E-state index contributed by atoms with van der Waals surface area (Å²) in [4.78, 5) is 27.7. The van der Waals surface area contributed by atoms with Crippen LogP contribution < -0.4 is 10.6 Å². The Morgan fingerprint density at radius 2 is 1.71 bits per heavy atom. The molecule has 7 heteroatoms. The predicted molar refractivity (Wildman–Crippen MR) is 142 cm³/mol. The lowest BCUT2D eigenvalue weighted by molar-refractivity contribution is -0.116. The molecule has 3 aromatic rings. The van der Waals surface area contributed by atoms with Crippen molar-refractivity contribution >= 4 is 23.4 Å². The third-order valence-corrected chi connectivity index (χ3v) is 5.95. The highest BCUT2D eigenvalue weighted by molar-refractivity contribution is 5.97. The molecule has 2 aromatic carbocycles. The number of nitrogens with one attached hydrogen (secondary N) is 2. The molecule has 1 heterocycles. The van der Waals surface area contributed by atoms with Crippen molar-refractivity contribution in [1.82, 2.24) is 14.7 Å². The monoisotopic (exact) mass is 475 g/mol. The molecule has 0 aliphatic rings. The molecule has 1 aromatic heterocycles. The molecule has 0 fully saturated rings. The van der Waals surface area contributed by atoms with Crippen LogP contribution in [0.4, 0.5) is 16.3 Å². The van der Waals surface area contributed by atoms with Crippen molar-refractivity contribution < 1.29 is 9.59 Å². The van der Waals surface area contributed by atoms with E-state index >= 15 is 0 Å². The van der Waals surface area contributed by atoms with Crippen molar-refractivity contribution in [1.29, 1.82) is 0 Å². The van der Waals surface area contributed by atoms with Gasteiger partial charge in [-0.15, -0.1) is 0 Å². The third-order valence-electron chi connectivity index (χ3n) is 5.95. The van der Waals surface area contributed by atoms with E-state index in [-0.39, 0.29) is 23.9 Å². The first-order chi connectivity index (χ1) is 16.5. The van der Waals surface area contributed by atoms with Crippen molar-refractivity contribution in [3.63, 3.8) is 0 Å². The molecule has 0 bridgehead atoms. The molecule has 0 aliphatic carbocycles. The first kappa shape index (κ1) is 26.0. The Bertz CT molecular complexity index is 1210. The summed E-state index contributed by atoms with van der Waals surface area (Å²) in [5.41, 5.74) is 5.52. The average Bonchev–Trinajstić information content (AvgIpc) is 3.21. The van der Waals surface area contributed by atoms with Crippen LogP contribution in [-0.4, -0.2) is 39.7 Å². The molecule has 7 nitrogen and oxygen atoms in total. The molecule has 0 saturated carbocycles. The van der Waals surface area contributed by atoms with Gasteiger partial charge in [-0.3, -0.25) is 4.79 Å². The van der Waals surface area contributed by atoms with E-state index in [1.807, 2.05) is 76.2 Å². The smallest absolute Gasteiger partial charge is 0.315 e. The number of urea groups is 1. The number of aryl methyl sites for hydroxylation is 2. The number of carbonyl (C=O) groups excluding carboxylic acids is 2. The highest BCUT2D eigenvalue weighted by Crippen LogP contribution is 2.26. The van der Waals surface area contributed by atoms with Gasteiger partial charge in [-0.1, -0.05) is 52.0 Å². The molecule has 0 saturated heterocycles. The zero-order valence-electron chi connectivity index (χ0n) is 21.9. The number of rotatable bonds is 7. The molecule has 186 valence electrons. The Morgan fingerprint density at radius 3 is 2.37 bits per heavy atom. The van der Waals surface area contributed by atoms with E-state index < -0.39 is 0 Å². The van der Waals surface area contributed by atoms with Crippen LogP contribution in [0.5, 0.6) is 0 Å². The number of nitrogens with zero attached hydrogens (tertiary/aromatic N) is 3. The van der Waals surface area contributed by atoms with E-state index in [1.165, 1.54) is 4.90 Å². The van der Waals surface area contributed by atoms with Crippen molar-refractivity contribution in [3.05, 3.63) is 70.9 Å². The largest absolute Gasteiger partial charge is 0.322 e. The summed E-state index contributed by atoms with van der Waals surface area (Å²) in [6, 6.07) is 15.4. The predicted octanol–water partition coefficient (Wildman–Crippen LogP) is 5.98. The second-order valence-corrected chi connectivity index (χ2v) is 10.1. The lowest BCUT2D eigenvalue weighted by Crippen LogP contribution is -2.41. The first-order valence-corrected chi connectivity index (χ1v) is 12.1. The van der Waals surface area contributed by atoms with Gasteiger partial charge in [0.05, 0.1) is 11.4 Å². The standard InChI is InChI=1S/C28H37N5O2/c1-8-15-32(27(35)29-23-14-10-12-20(3)21(23)4)18-26(34)30-25-17-24(28(5,6)7)31-33(25)22-13-9-11-19(2)16-22/h9-14,16-17H,8,15,18H2,1-7H3,(H,29,35)(H,30,34). The summed E-state index contributed by atoms with van der Waals surface area (Å²) < 4.78 is 1.76. The van der Waals surface area contributed by atoms with Crippen LogP contribution in [0, 0.1) is 20.8 Å². The zero-order chi connectivity index (χ0) is 25.8. The number of anilines is 2. The Labute approximate surface area is 208 Å². The third kappa shape index (κ3) is 6.50. The fraction of sp³-hybridized carbons (Fsp3) is 0.393. The van der Waals surface area contributed by atoms with Gasteiger partial charge in [-0.25, -0.2) is 9.48 Å². The van der Waals surface area contributed by atoms with Crippen LogP contribution in [0.3, 0.4) is 0 Å². The summed E-state index contributed by atoms with van der Waals surface area (Å²) in [6.45, 7) is 14.6. The number of benzene rings is 2. The fourth-order valence-electron chi connectivity index (χ4n) is 3.75. The lowest BCUT2D eigenvalue weighted by Gasteiger charge is -2.23. The van der Waals surface area contributed by atoms with E-state index in [0.717, 1.165) is 40.2 Å². The van der Waals surface area contributed by atoms with Gasteiger partial charge in [-0.2, -0.15) is 5.10 Å². The summed E-state index contributed by atoms with van der Waals surface area (Å²) in [5.74, 6) is 0.306. The van der Waals surface area contributed by atoms with Crippen molar-refractivity contribution in [2.24, 2.45) is 0 Å². The van der Waals surface area contributed by atoms with E-state index in [2.05, 4.69) is 31.4 Å². The molecular formula is C28H37N5O2. The maximum absolute atomic E-state index is 13.1. The van der Waals surface area contributed by atoms with E-state index in [9.17, 15) is 9.59 Å². The highest BCUT2D eigenvalue weighted by atomic mass is 16.2. The lowest BCUT2D eigenvalue weighted by atomic mass is 9.92. The number of carbonyl (C=O) groups is 2. The molecule has 0 radical (unpaired) electrons. The van der Waals surface area contributed by atoms with Gasteiger partial charge in [-0.05, 0) is 62.1 Å². The SMILES string of the molecule is CCCN(CC(=O)Nc1cc(C(C)(C)C)nn1-c1cccc(C)c1)C(=O)Nc1cccc(C)c1C. The van der Waals surface area contributed by atoms with Crippen LogP contribution >= 0.6 is 0 Å². The van der Waals surface area contributed by atoms with E-state index in [4.69, 9.17) is 5.10 Å². The Hall–Kier alpha value is -3.61. The van der Waals surface area contributed by atoms with Gasteiger partial charge < -0.3 is 15.5 Å². The minimum atomic E-state index is -0.293. The van der Waals surface area contributed by atoms with Gasteiger partial charge in [0.1, 0.15) is 12.4 Å². The minimum Gasteiger partial charge on any atom is -0.315 e. The van der Waals surface area contributed by atoms with Crippen LogP contribution in [0.25, 0.3) is 5.69 Å². The van der Waals surface area contributed by atoms with Gasteiger partial charge in [0.15, 0.2) is 0 Å². The summed E-state index contributed by atoms with van der Waals surface area (Å²) >= 11 is 0. The molecule has 0 unspecified atom stereocenters. The van der Waals surface area contributed by atoms with Crippen LogP contribution in [0.2, 0.25) is 0 Å². The molecule has 35 heavy (non-hydrogen) atoms. The van der Waals surface area contributed by atoms with Gasteiger partial charge >= 0.3 is 6.03 Å². The van der Waals surface area contributed by atoms with Crippen molar-refractivity contribution in [2.45, 2.75) is 60.3 Å². The van der Waals surface area contributed by atoms with Gasteiger partial charge in [0.25, 0.3) is 0 Å². The highest BCUT2D eigenvalue weighted by Gasteiger charge is 2.23.